The van der Waals surface area contributed by atoms with E-state index in [0.29, 0.717) is 0 Å². The molecule has 0 spiro atoms. The third-order valence-corrected chi connectivity index (χ3v) is 5.41. The van der Waals surface area contributed by atoms with Gasteiger partial charge in [-0.05, 0) is 58.7 Å². The average Bonchev–Trinajstić information content (AvgIpc) is 2.74. The molecule has 0 bridgehead atoms. The topological polar surface area (TPSA) is 58.2 Å². The van der Waals surface area contributed by atoms with Gasteiger partial charge in [0.05, 0.1) is 0 Å². The van der Waals surface area contributed by atoms with Crippen molar-refractivity contribution in [3.8, 4) is 0 Å². The molecule has 0 radical (unpaired) electrons. The van der Waals surface area contributed by atoms with Crippen LogP contribution in [0.1, 0.15) is 115 Å². The summed E-state index contributed by atoms with van der Waals surface area (Å²) in [5, 5.41) is 6.86. The fourth-order valence-corrected chi connectivity index (χ4v) is 3.20. The van der Waals surface area contributed by atoms with Gasteiger partial charge in [0.1, 0.15) is 0 Å². The second kappa shape index (κ2) is 12.3. The van der Waals surface area contributed by atoms with Crippen LogP contribution >= 0.6 is 0 Å². The molecule has 200 valence electrons. The number of carbonyl (C=O) groups is 2. The summed E-state index contributed by atoms with van der Waals surface area (Å²) in [6.45, 7) is 26.2. The van der Waals surface area contributed by atoms with E-state index in [2.05, 4.69) is 58.2 Å². The lowest BCUT2D eigenvalue weighted by molar-refractivity contribution is 0.0852. The van der Waals surface area contributed by atoms with Gasteiger partial charge in [-0.2, -0.15) is 0 Å². The van der Waals surface area contributed by atoms with Crippen molar-refractivity contribution in [2.75, 3.05) is 0 Å². The maximum absolute atomic E-state index is 12.2. The highest BCUT2D eigenvalue weighted by Gasteiger charge is 2.23. The molecule has 0 aliphatic heterocycles. The van der Waals surface area contributed by atoms with Gasteiger partial charge in [0, 0.05) is 46.1 Å². The van der Waals surface area contributed by atoms with Crippen LogP contribution in [0.3, 0.4) is 0 Å². The largest absolute Gasteiger partial charge is 0.308 e. The van der Waals surface area contributed by atoms with Crippen LogP contribution in [0.15, 0.2) is 48.5 Å². The fraction of sp³-hybridized carbons (Fsp3) is 0.562. The van der Waals surface area contributed by atoms with Crippen molar-refractivity contribution in [1.29, 1.82) is 0 Å². The van der Waals surface area contributed by atoms with Crippen molar-refractivity contribution < 1.29 is 9.59 Å². The van der Waals surface area contributed by atoms with Crippen molar-refractivity contribution in [1.82, 2.24) is 10.6 Å². The van der Waals surface area contributed by atoms with E-state index in [-0.39, 0.29) is 33.5 Å². The van der Waals surface area contributed by atoms with Crippen LogP contribution in [0, 0.1) is 10.8 Å². The molecule has 0 fully saturated rings. The molecule has 0 aliphatic rings. The lowest BCUT2D eigenvalue weighted by Crippen LogP contribution is -2.35. The van der Waals surface area contributed by atoms with E-state index in [1.54, 1.807) is 0 Å². The number of rotatable bonds is 6. The molecule has 0 saturated heterocycles. The first-order valence-corrected chi connectivity index (χ1v) is 13.0. The van der Waals surface area contributed by atoms with Gasteiger partial charge in [0.15, 0.2) is 11.6 Å². The van der Waals surface area contributed by atoms with E-state index in [0.717, 1.165) is 29.8 Å². The third-order valence-electron chi connectivity index (χ3n) is 5.41. The van der Waals surface area contributed by atoms with Crippen molar-refractivity contribution in [3.63, 3.8) is 0 Å². The molecule has 2 aromatic rings. The van der Waals surface area contributed by atoms with Crippen LogP contribution in [0.5, 0.6) is 0 Å². The van der Waals surface area contributed by atoms with E-state index in [1.165, 1.54) is 5.56 Å². The summed E-state index contributed by atoms with van der Waals surface area (Å²) in [5.74, 6) is 0.387. The summed E-state index contributed by atoms with van der Waals surface area (Å²) < 4.78 is 0. The number of carbonyl (C=O) groups excluding carboxylic acids is 2. The van der Waals surface area contributed by atoms with Gasteiger partial charge in [-0.15, -0.1) is 0 Å². The van der Waals surface area contributed by atoms with Crippen LogP contribution in [0.2, 0.25) is 0 Å². The Kier molecular flexibility index (Phi) is 10.8. The van der Waals surface area contributed by atoms with Gasteiger partial charge in [0.2, 0.25) is 0 Å². The van der Waals surface area contributed by atoms with Gasteiger partial charge in [0.25, 0.3) is 0 Å². The second-order valence-electron chi connectivity index (χ2n) is 13.8. The van der Waals surface area contributed by atoms with Crippen molar-refractivity contribution >= 4 is 11.6 Å². The van der Waals surface area contributed by atoms with Crippen molar-refractivity contribution in [2.45, 2.75) is 107 Å². The lowest BCUT2D eigenvalue weighted by Gasteiger charge is -2.21. The molecule has 2 rings (SSSR count). The number of hydrogen-bond acceptors (Lipinski definition) is 4. The van der Waals surface area contributed by atoms with E-state index < -0.39 is 0 Å². The monoisotopic (exact) mass is 494 g/mol. The lowest BCUT2D eigenvalue weighted by atomic mass is 9.86. The molecular formula is C32H50N2O2. The van der Waals surface area contributed by atoms with E-state index >= 15 is 0 Å². The normalized spacial score (nSPS) is 12.6. The van der Waals surface area contributed by atoms with Crippen LogP contribution in [0.25, 0.3) is 0 Å². The fourth-order valence-electron chi connectivity index (χ4n) is 3.20. The van der Waals surface area contributed by atoms with Crippen LogP contribution in [-0.4, -0.2) is 22.6 Å². The number of nitrogens with one attached hydrogen (secondary N) is 2. The van der Waals surface area contributed by atoms with Gasteiger partial charge < -0.3 is 10.6 Å². The maximum Gasteiger partial charge on any atom is 0.168 e. The number of Topliss-reactive ketones (excluding diaryl/α,β-unsaturated/α-hetero) is 2. The highest BCUT2D eigenvalue weighted by atomic mass is 16.1. The zero-order chi connectivity index (χ0) is 27.9. The summed E-state index contributed by atoms with van der Waals surface area (Å²) >= 11 is 0. The molecule has 0 amide bonds. The first-order chi connectivity index (χ1) is 16.2. The Labute approximate surface area is 220 Å². The first-order valence-electron chi connectivity index (χ1n) is 13.0. The second-order valence-corrected chi connectivity index (χ2v) is 13.8. The molecular weight excluding hydrogens is 444 g/mol. The standard InChI is InChI=1S/2C16H25NO/c1-15(2,3)14(18)13-9-7-12(8-10-13)11-17-16(4,5)6;1-15(2,3)14(18)13-9-7-8-12(10-13)11-17-16(4,5)6/h2*7-10,17H,11H2,1-6H3. The summed E-state index contributed by atoms with van der Waals surface area (Å²) in [7, 11) is 0. The zero-order valence-electron chi connectivity index (χ0n) is 24.8. The molecule has 2 aromatic carbocycles. The number of benzene rings is 2. The molecule has 4 heteroatoms. The maximum atomic E-state index is 12.2. The predicted octanol–water partition coefficient (Wildman–Crippen LogP) is 7.61. The molecule has 0 aliphatic carbocycles. The Hall–Kier alpha value is -2.30. The Morgan fingerprint density at radius 3 is 1.39 bits per heavy atom. The van der Waals surface area contributed by atoms with Crippen molar-refractivity contribution in [3.05, 3.63) is 70.8 Å². The zero-order valence-corrected chi connectivity index (χ0v) is 24.8. The summed E-state index contributed by atoms with van der Waals surface area (Å²) in [6, 6.07) is 15.8. The molecule has 0 saturated carbocycles. The summed E-state index contributed by atoms with van der Waals surface area (Å²) in [5.41, 5.74) is 3.51. The van der Waals surface area contributed by atoms with Gasteiger partial charge in [-0.3, -0.25) is 9.59 Å². The average molecular weight is 495 g/mol. The molecule has 0 heterocycles. The Morgan fingerprint density at radius 2 is 0.972 bits per heavy atom. The number of hydrogen-bond donors (Lipinski definition) is 2. The van der Waals surface area contributed by atoms with Gasteiger partial charge >= 0.3 is 0 Å². The van der Waals surface area contributed by atoms with Gasteiger partial charge in [-0.1, -0.05) is 84.0 Å². The van der Waals surface area contributed by atoms with E-state index in [1.807, 2.05) is 84.0 Å². The third kappa shape index (κ3) is 12.1. The Morgan fingerprint density at radius 1 is 0.556 bits per heavy atom. The molecule has 0 aromatic heterocycles. The van der Waals surface area contributed by atoms with E-state index in [9.17, 15) is 9.59 Å². The minimum Gasteiger partial charge on any atom is -0.308 e. The molecule has 0 atom stereocenters. The predicted molar refractivity (Wildman–Crippen MR) is 154 cm³/mol. The molecule has 2 N–H and O–H groups in total. The molecule has 0 unspecified atom stereocenters. The quantitative estimate of drug-likeness (QED) is 0.406. The SMILES string of the molecule is CC(C)(C)NCc1ccc(C(=O)C(C)(C)C)cc1.CC(C)(C)NCc1cccc(C(=O)C(C)(C)C)c1. The highest BCUT2D eigenvalue weighted by Crippen LogP contribution is 2.22. The first kappa shape index (κ1) is 31.7. The Bertz CT molecular complexity index is 993. The highest BCUT2D eigenvalue weighted by molar-refractivity contribution is 6.00. The summed E-state index contributed by atoms with van der Waals surface area (Å²) in [4.78, 5) is 24.3. The number of ketones is 2. The van der Waals surface area contributed by atoms with Gasteiger partial charge in [-0.25, -0.2) is 0 Å². The van der Waals surface area contributed by atoms with Crippen LogP contribution in [0.4, 0.5) is 0 Å². The molecule has 36 heavy (non-hydrogen) atoms. The minimum absolute atomic E-state index is 0.0873. The summed E-state index contributed by atoms with van der Waals surface area (Å²) in [6.07, 6.45) is 0. The minimum atomic E-state index is -0.323. The Balaban J connectivity index is 0.000000360. The van der Waals surface area contributed by atoms with Crippen LogP contribution < -0.4 is 10.6 Å². The molecule has 4 nitrogen and oxygen atoms in total. The van der Waals surface area contributed by atoms with Crippen molar-refractivity contribution in [2.24, 2.45) is 10.8 Å². The van der Waals surface area contributed by atoms with E-state index in [4.69, 9.17) is 0 Å². The smallest absolute Gasteiger partial charge is 0.168 e. The van der Waals surface area contributed by atoms with Crippen LogP contribution in [-0.2, 0) is 13.1 Å².